The fourth-order valence-electron chi connectivity index (χ4n) is 1.05. The number of hydrogen-bond donors (Lipinski definition) is 3. The maximum absolute atomic E-state index is 13.4. The van der Waals surface area contributed by atoms with Crippen molar-refractivity contribution in [3.05, 3.63) is 41.2 Å². The van der Waals surface area contributed by atoms with Gasteiger partial charge in [-0.2, -0.15) is 5.11 Å². The van der Waals surface area contributed by atoms with E-state index in [1.807, 2.05) is 0 Å². The second kappa shape index (κ2) is 5.32. The number of aliphatic hydroxyl groups excluding tert-OH is 1. The van der Waals surface area contributed by atoms with Crippen molar-refractivity contribution in [2.75, 3.05) is 11.9 Å². The molecule has 16 heavy (non-hydrogen) atoms. The van der Waals surface area contributed by atoms with E-state index in [9.17, 15) is 8.78 Å². The summed E-state index contributed by atoms with van der Waals surface area (Å²) in [6, 6.07) is 2.36. The maximum Gasteiger partial charge on any atom is 0.152 e. The van der Waals surface area contributed by atoms with Crippen molar-refractivity contribution in [2.24, 2.45) is 5.11 Å². The summed E-state index contributed by atoms with van der Waals surface area (Å²) in [4.78, 5) is 0. The van der Waals surface area contributed by atoms with Gasteiger partial charge in [-0.05, 0) is 19.1 Å². The summed E-state index contributed by atoms with van der Waals surface area (Å²) in [6.07, 6.45) is 1.18. The Hall–Kier alpha value is -1.82. The molecule has 0 atom stereocenters. The van der Waals surface area contributed by atoms with Gasteiger partial charge in [-0.25, -0.2) is 14.3 Å². The maximum atomic E-state index is 13.4. The van der Waals surface area contributed by atoms with E-state index in [-0.39, 0.29) is 16.9 Å². The molecule has 0 aliphatic rings. The molecule has 0 radical (unpaired) electrons. The van der Waals surface area contributed by atoms with E-state index < -0.39 is 18.2 Å². The molecule has 1 aromatic rings. The number of benzene rings is 1. The van der Waals surface area contributed by atoms with Gasteiger partial charge >= 0.3 is 0 Å². The number of aliphatic hydroxyl groups is 1. The van der Waals surface area contributed by atoms with E-state index in [0.29, 0.717) is 0 Å². The first-order valence-electron chi connectivity index (χ1n) is 4.48. The first kappa shape index (κ1) is 12.3. The fraction of sp³-hybridized carbons (Fsp3) is 0.200. The van der Waals surface area contributed by atoms with Crippen molar-refractivity contribution in [3.8, 4) is 0 Å². The smallest absolute Gasteiger partial charge is 0.152 e. The molecule has 0 aliphatic heterocycles. The summed E-state index contributed by atoms with van der Waals surface area (Å²) in [7, 11) is 0. The zero-order valence-electron chi connectivity index (χ0n) is 8.59. The summed E-state index contributed by atoms with van der Waals surface area (Å²) in [5.74, 6) is -1.34. The van der Waals surface area contributed by atoms with Crippen molar-refractivity contribution in [3.63, 3.8) is 0 Å². The largest absolute Gasteiger partial charge is 0.390 e. The van der Waals surface area contributed by atoms with Crippen molar-refractivity contribution in [1.29, 1.82) is 5.53 Å². The van der Waals surface area contributed by atoms with Gasteiger partial charge in [-0.3, -0.25) is 0 Å². The highest BCUT2D eigenvalue weighted by atomic mass is 19.1. The Balaban J connectivity index is 2.95. The number of halogens is 2. The Kier molecular flexibility index (Phi) is 4.07. The lowest BCUT2D eigenvalue weighted by Crippen LogP contribution is -1.99. The van der Waals surface area contributed by atoms with Gasteiger partial charge in [0.2, 0.25) is 0 Å². The zero-order valence-corrected chi connectivity index (χ0v) is 8.59. The predicted molar refractivity (Wildman–Crippen MR) is 55.0 cm³/mol. The van der Waals surface area contributed by atoms with E-state index in [4.69, 9.17) is 10.6 Å². The summed E-state index contributed by atoms with van der Waals surface area (Å²) in [6.45, 7) is 0.889. The van der Waals surface area contributed by atoms with Crippen LogP contribution in [0.15, 0.2) is 29.1 Å². The van der Waals surface area contributed by atoms with Crippen LogP contribution in [0.5, 0.6) is 0 Å². The van der Waals surface area contributed by atoms with Gasteiger partial charge in [0, 0.05) is 11.8 Å². The van der Waals surface area contributed by atoms with Gasteiger partial charge in [0.1, 0.15) is 11.5 Å². The summed E-state index contributed by atoms with van der Waals surface area (Å²) < 4.78 is 26.4. The molecule has 3 N–H and O–H groups in total. The Bertz CT molecular complexity index is 432. The lowest BCUT2D eigenvalue weighted by atomic mass is 10.2. The highest BCUT2D eigenvalue weighted by molar-refractivity contribution is 5.50. The Labute approximate surface area is 91.1 Å². The van der Waals surface area contributed by atoms with Crippen LogP contribution in [0, 0.1) is 24.1 Å². The first-order chi connectivity index (χ1) is 7.60. The van der Waals surface area contributed by atoms with E-state index in [0.717, 1.165) is 6.07 Å². The van der Waals surface area contributed by atoms with Crippen LogP contribution < -0.4 is 5.32 Å². The molecule has 1 aromatic carbocycles. The monoisotopic (exact) mass is 227 g/mol. The minimum Gasteiger partial charge on any atom is -0.390 e. The van der Waals surface area contributed by atoms with Crippen LogP contribution in [0.4, 0.5) is 14.5 Å². The third-order valence-corrected chi connectivity index (χ3v) is 2.02. The van der Waals surface area contributed by atoms with E-state index in [2.05, 4.69) is 10.4 Å². The molecule has 0 amide bonds. The first-order valence-corrected chi connectivity index (χ1v) is 4.48. The number of rotatable bonds is 4. The molecule has 0 aromatic heterocycles. The number of hydrogen-bond acceptors (Lipinski definition) is 4. The average Bonchev–Trinajstić information content (AvgIpc) is 2.30. The molecule has 6 heteroatoms. The minimum absolute atomic E-state index is 0.0429. The Morgan fingerprint density at radius 1 is 1.56 bits per heavy atom. The van der Waals surface area contributed by atoms with Gasteiger partial charge < -0.3 is 10.4 Å². The lowest BCUT2D eigenvalue weighted by Gasteiger charge is -2.06. The highest BCUT2D eigenvalue weighted by Crippen LogP contribution is 2.20. The van der Waals surface area contributed by atoms with Crippen LogP contribution in [0.3, 0.4) is 0 Å². The molecule has 0 saturated carbocycles. The SMILES string of the molecule is Cc1c(F)ccc(N/C=C(/CO)N=N)c1F. The van der Waals surface area contributed by atoms with Gasteiger partial charge in [-0.15, -0.1) is 0 Å². The molecule has 1 rings (SSSR count). The number of nitrogens with zero attached hydrogens (tertiary/aromatic N) is 1. The normalized spacial score (nSPS) is 11.4. The highest BCUT2D eigenvalue weighted by Gasteiger charge is 2.08. The molecule has 0 heterocycles. The van der Waals surface area contributed by atoms with E-state index >= 15 is 0 Å². The Morgan fingerprint density at radius 2 is 2.25 bits per heavy atom. The third-order valence-electron chi connectivity index (χ3n) is 2.02. The topological polar surface area (TPSA) is 68.5 Å². The molecule has 0 unspecified atom stereocenters. The lowest BCUT2D eigenvalue weighted by molar-refractivity contribution is 0.328. The van der Waals surface area contributed by atoms with Crippen molar-refractivity contribution in [2.45, 2.75) is 6.92 Å². The fourth-order valence-corrected chi connectivity index (χ4v) is 1.05. The molecular weight excluding hydrogens is 216 g/mol. The van der Waals surface area contributed by atoms with Gasteiger partial charge in [0.25, 0.3) is 0 Å². The second-order valence-electron chi connectivity index (χ2n) is 3.08. The molecule has 86 valence electrons. The van der Waals surface area contributed by atoms with Crippen LogP contribution >= 0.6 is 0 Å². The minimum atomic E-state index is -0.710. The molecular formula is C10H11F2N3O. The zero-order chi connectivity index (χ0) is 12.1. The van der Waals surface area contributed by atoms with Crippen LogP contribution in [0.1, 0.15) is 5.56 Å². The Morgan fingerprint density at radius 3 is 2.81 bits per heavy atom. The standard InChI is InChI=1S/C10H11F2N3O/c1-6-8(11)2-3-9(10(6)12)14-4-7(5-16)15-13/h2-4,13-14,16H,5H2,1H3/b7-4-,15-13?. The molecule has 0 spiro atoms. The molecule has 0 saturated heterocycles. The van der Waals surface area contributed by atoms with Crippen molar-refractivity contribution in [1.82, 2.24) is 0 Å². The molecule has 0 fully saturated rings. The summed E-state index contributed by atoms with van der Waals surface area (Å²) >= 11 is 0. The summed E-state index contributed by atoms with van der Waals surface area (Å²) in [5.41, 5.74) is 6.67. The number of nitrogens with one attached hydrogen (secondary N) is 2. The second-order valence-corrected chi connectivity index (χ2v) is 3.08. The quantitative estimate of drug-likeness (QED) is 0.692. The predicted octanol–water partition coefficient (Wildman–Crippen LogP) is 2.55. The molecule has 4 nitrogen and oxygen atoms in total. The van der Waals surface area contributed by atoms with Gasteiger partial charge in [-0.1, -0.05) is 0 Å². The van der Waals surface area contributed by atoms with Crippen LogP contribution in [-0.2, 0) is 0 Å². The molecule has 0 aliphatic carbocycles. The third kappa shape index (κ3) is 2.60. The van der Waals surface area contributed by atoms with Crippen LogP contribution in [0.25, 0.3) is 0 Å². The van der Waals surface area contributed by atoms with E-state index in [1.165, 1.54) is 19.2 Å². The average molecular weight is 227 g/mol. The van der Waals surface area contributed by atoms with Gasteiger partial charge in [0.15, 0.2) is 5.82 Å². The van der Waals surface area contributed by atoms with Gasteiger partial charge in [0.05, 0.1) is 12.3 Å². The van der Waals surface area contributed by atoms with Crippen molar-refractivity contribution >= 4 is 5.69 Å². The molecule has 0 bridgehead atoms. The summed E-state index contributed by atoms with van der Waals surface area (Å²) in [5, 5.41) is 14.2. The van der Waals surface area contributed by atoms with Crippen LogP contribution in [0.2, 0.25) is 0 Å². The van der Waals surface area contributed by atoms with Crippen LogP contribution in [-0.4, -0.2) is 11.7 Å². The van der Waals surface area contributed by atoms with E-state index in [1.54, 1.807) is 0 Å². The number of anilines is 1. The van der Waals surface area contributed by atoms with Crippen molar-refractivity contribution < 1.29 is 13.9 Å².